The molecule has 252 valence electrons. The number of ether oxygens (including phenoxy) is 1. The van der Waals surface area contributed by atoms with Crippen molar-refractivity contribution >= 4 is 34.5 Å². The maximum atomic E-state index is 14.6. The van der Waals surface area contributed by atoms with Crippen molar-refractivity contribution in [2.75, 3.05) is 5.32 Å². The minimum atomic E-state index is -0.857. The Balaban J connectivity index is 1.28. The quantitative estimate of drug-likeness (QED) is 0.266. The smallest absolute Gasteiger partial charge is 0.302 e. The minimum Gasteiger partial charge on any atom is -0.462 e. The molecule has 0 aliphatic heterocycles. The summed E-state index contributed by atoms with van der Waals surface area (Å²) >= 11 is 0. The van der Waals surface area contributed by atoms with E-state index in [-0.39, 0.29) is 63.7 Å². The zero-order valence-electron chi connectivity index (χ0n) is 29.7. The molecule has 4 saturated carbocycles. The van der Waals surface area contributed by atoms with Gasteiger partial charge in [0.2, 0.25) is 11.9 Å². The Bertz CT molecular complexity index is 1700. The van der Waals surface area contributed by atoms with Crippen molar-refractivity contribution < 1.29 is 19.1 Å². The van der Waals surface area contributed by atoms with Gasteiger partial charge in [0, 0.05) is 36.3 Å². The molecule has 3 unspecified atom stereocenters. The summed E-state index contributed by atoms with van der Waals surface area (Å²) < 4.78 is 5.93. The molecule has 0 spiro atoms. The molecule has 47 heavy (non-hydrogen) atoms. The van der Waals surface area contributed by atoms with Crippen LogP contribution in [0.5, 0.6) is 0 Å². The van der Waals surface area contributed by atoms with Crippen molar-refractivity contribution in [2.45, 2.75) is 119 Å². The van der Waals surface area contributed by atoms with Crippen molar-refractivity contribution in [3.8, 4) is 0 Å². The van der Waals surface area contributed by atoms with Crippen LogP contribution in [-0.2, 0) is 19.1 Å². The molecule has 7 nitrogen and oxygen atoms in total. The molecular weight excluding hydrogens is 586 g/mol. The van der Waals surface area contributed by atoms with E-state index >= 15 is 0 Å². The molecule has 1 amide bonds. The molecule has 1 aromatic heterocycles. The second-order valence-corrected chi connectivity index (χ2v) is 17.4. The molecule has 7 heteroatoms. The number of amides is 1. The lowest BCUT2D eigenvalue weighted by atomic mass is 9.34. The van der Waals surface area contributed by atoms with Gasteiger partial charge in [-0.15, -0.1) is 0 Å². The van der Waals surface area contributed by atoms with Crippen LogP contribution in [0.3, 0.4) is 0 Å². The molecule has 5 aliphatic carbocycles. The fraction of sp³-hybridized carbons (Fsp3) is 0.675. The number of aromatic nitrogens is 2. The summed E-state index contributed by atoms with van der Waals surface area (Å²) in [6.45, 7) is 18.0. The van der Waals surface area contributed by atoms with Crippen LogP contribution in [0.25, 0.3) is 10.9 Å². The monoisotopic (exact) mass is 639 g/mol. The highest BCUT2D eigenvalue weighted by molar-refractivity contribution is 6.05. The van der Waals surface area contributed by atoms with Crippen LogP contribution < -0.4 is 5.32 Å². The van der Waals surface area contributed by atoms with E-state index in [1.807, 2.05) is 24.3 Å². The number of ketones is 1. The summed E-state index contributed by atoms with van der Waals surface area (Å²) in [5, 5.41) is 4.03. The number of fused-ring (bicyclic) bond motifs is 7. The number of carbonyl (C=O) groups excluding carboxylic acids is 3. The highest BCUT2D eigenvalue weighted by Crippen LogP contribution is 2.76. The Morgan fingerprint density at radius 3 is 2.43 bits per heavy atom. The van der Waals surface area contributed by atoms with Crippen LogP contribution in [0, 0.1) is 50.7 Å². The fourth-order valence-electron chi connectivity index (χ4n) is 12.4. The molecule has 5 aliphatic rings. The summed E-state index contributed by atoms with van der Waals surface area (Å²) in [5.74, 6) is 1.07. The Morgan fingerprint density at radius 2 is 1.70 bits per heavy atom. The number of benzene rings is 1. The van der Waals surface area contributed by atoms with Gasteiger partial charge in [0.15, 0.2) is 0 Å². The fourth-order valence-corrected chi connectivity index (χ4v) is 12.4. The van der Waals surface area contributed by atoms with E-state index in [0.29, 0.717) is 24.2 Å². The molecule has 0 radical (unpaired) electrons. The van der Waals surface area contributed by atoms with Gasteiger partial charge in [0.25, 0.3) is 0 Å². The average Bonchev–Trinajstić information content (AvgIpc) is 3.32. The third-order valence-electron chi connectivity index (χ3n) is 14.7. The van der Waals surface area contributed by atoms with Gasteiger partial charge < -0.3 is 4.74 Å². The molecule has 0 bridgehead atoms. The third kappa shape index (κ3) is 4.46. The average molecular weight is 640 g/mol. The Hall–Kier alpha value is -3.09. The number of esters is 1. The molecular formula is C40H53N3O4. The lowest BCUT2D eigenvalue weighted by Crippen LogP contribution is -2.64. The zero-order chi connectivity index (χ0) is 33.7. The van der Waals surface area contributed by atoms with Gasteiger partial charge in [-0.1, -0.05) is 72.2 Å². The predicted octanol–water partition coefficient (Wildman–Crippen LogP) is 8.48. The van der Waals surface area contributed by atoms with E-state index in [0.717, 1.165) is 61.4 Å². The number of Topliss-reactive ketones (excluding diaryl/α,β-unsaturated/α-hetero) is 1. The van der Waals surface area contributed by atoms with Gasteiger partial charge in [-0.3, -0.25) is 19.7 Å². The van der Waals surface area contributed by atoms with Crippen molar-refractivity contribution in [1.29, 1.82) is 0 Å². The number of hydrogen-bond acceptors (Lipinski definition) is 6. The van der Waals surface area contributed by atoms with Crippen LogP contribution in [0.4, 0.5) is 5.95 Å². The van der Waals surface area contributed by atoms with Crippen LogP contribution >= 0.6 is 0 Å². The SMILES string of the molecule is CC(=O)O[C@H]1CC[C@@]2(C)C(CC[C@]3(C)C2CCC2=C4C(C(C)C)C(=O)C[C@]4(C(=O)Nc4ncc5ccccc5n4)CC[C@]23C)C1(C)C. The second-order valence-electron chi connectivity index (χ2n) is 17.4. The molecule has 0 saturated heterocycles. The van der Waals surface area contributed by atoms with Crippen molar-refractivity contribution in [2.24, 2.45) is 50.7 Å². The number of allylic oxidation sites excluding steroid dienone is 1. The summed E-state index contributed by atoms with van der Waals surface area (Å²) in [5.41, 5.74) is 2.45. The predicted molar refractivity (Wildman–Crippen MR) is 183 cm³/mol. The number of hydrogen-bond donors (Lipinski definition) is 1. The normalized spacial score (nSPS) is 39.1. The molecule has 1 N–H and O–H groups in total. The van der Waals surface area contributed by atoms with Crippen LogP contribution in [0.1, 0.15) is 113 Å². The second kappa shape index (κ2) is 10.7. The van der Waals surface area contributed by atoms with Crippen molar-refractivity contribution in [3.63, 3.8) is 0 Å². The van der Waals surface area contributed by atoms with E-state index in [2.05, 4.69) is 63.8 Å². The molecule has 4 fully saturated rings. The third-order valence-corrected chi connectivity index (χ3v) is 14.7. The number of para-hydroxylation sites is 1. The van der Waals surface area contributed by atoms with Gasteiger partial charge in [-0.25, -0.2) is 9.97 Å². The molecule has 8 atom stereocenters. The van der Waals surface area contributed by atoms with Crippen LogP contribution in [0.15, 0.2) is 41.6 Å². The van der Waals surface area contributed by atoms with Crippen molar-refractivity contribution in [1.82, 2.24) is 9.97 Å². The maximum absolute atomic E-state index is 14.6. The maximum Gasteiger partial charge on any atom is 0.302 e. The highest BCUT2D eigenvalue weighted by Gasteiger charge is 2.69. The lowest BCUT2D eigenvalue weighted by Gasteiger charge is -2.70. The van der Waals surface area contributed by atoms with Crippen LogP contribution in [-0.4, -0.2) is 33.7 Å². The minimum absolute atomic E-state index is 0.0421. The number of carbonyl (C=O) groups is 3. The van der Waals surface area contributed by atoms with E-state index < -0.39 is 5.41 Å². The Kier molecular flexibility index (Phi) is 7.39. The molecule has 1 heterocycles. The standard InChI is InChI=1S/C40H53N3O4/c1-23(2)32-28(45)21-40(34(46)43-35-41-22-25-11-9-10-12-27(25)42-35)20-19-38(7)26(33(32)40)13-14-30-37(6)17-16-31(47-24(3)44)36(4,5)29(37)15-18-39(30,38)8/h9-12,22-23,29-32H,13-21H2,1-8H3,(H,41,42,43,46)/t29?,30?,31-,32?,37-,38+,39+,40+/m0/s1. The van der Waals surface area contributed by atoms with Gasteiger partial charge in [-0.2, -0.15) is 0 Å². The van der Waals surface area contributed by atoms with Gasteiger partial charge in [0.1, 0.15) is 11.9 Å². The molecule has 7 rings (SSSR count). The first kappa shape index (κ1) is 32.5. The van der Waals surface area contributed by atoms with E-state index in [1.54, 1.807) is 6.20 Å². The first-order chi connectivity index (χ1) is 22.1. The van der Waals surface area contributed by atoms with E-state index in [4.69, 9.17) is 4.74 Å². The zero-order valence-corrected chi connectivity index (χ0v) is 29.7. The molecule has 1 aromatic carbocycles. The number of rotatable bonds is 4. The Labute approximate surface area is 280 Å². The summed E-state index contributed by atoms with van der Waals surface area (Å²) in [6, 6.07) is 7.78. The lowest BCUT2D eigenvalue weighted by molar-refractivity contribution is -0.213. The highest BCUT2D eigenvalue weighted by atomic mass is 16.5. The van der Waals surface area contributed by atoms with Crippen LogP contribution in [0.2, 0.25) is 0 Å². The topological polar surface area (TPSA) is 98.2 Å². The van der Waals surface area contributed by atoms with E-state index in [1.165, 1.54) is 12.5 Å². The molecule has 2 aromatic rings. The largest absolute Gasteiger partial charge is 0.462 e. The first-order valence-corrected chi connectivity index (χ1v) is 18.1. The summed E-state index contributed by atoms with van der Waals surface area (Å²) in [7, 11) is 0. The van der Waals surface area contributed by atoms with Crippen molar-refractivity contribution in [3.05, 3.63) is 41.6 Å². The van der Waals surface area contributed by atoms with Gasteiger partial charge >= 0.3 is 5.97 Å². The number of nitrogens with zero attached hydrogens (tertiary/aromatic N) is 2. The van der Waals surface area contributed by atoms with Gasteiger partial charge in [0.05, 0.1) is 10.9 Å². The Morgan fingerprint density at radius 1 is 0.957 bits per heavy atom. The summed E-state index contributed by atoms with van der Waals surface area (Å²) in [4.78, 5) is 49.8. The van der Waals surface area contributed by atoms with Gasteiger partial charge in [-0.05, 0) is 97.0 Å². The first-order valence-electron chi connectivity index (χ1n) is 18.1. The van der Waals surface area contributed by atoms with E-state index in [9.17, 15) is 14.4 Å². The summed E-state index contributed by atoms with van der Waals surface area (Å²) in [6.07, 6.45) is 9.69. The number of nitrogens with one attached hydrogen (secondary N) is 1. The number of anilines is 1.